The lowest BCUT2D eigenvalue weighted by Crippen LogP contribution is -2.49. The van der Waals surface area contributed by atoms with Gasteiger partial charge < -0.3 is 4.90 Å². The average Bonchev–Trinajstić information content (AvgIpc) is 3.11. The minimum atomic E-state index is -3.17. The van der Waals surface area contributed by atoms with E-state index in [-0.39, 0.29) is 22.4 Å². The number of likely N-dealkylation sites (tertiary alicyclic amines) is 1. The van der Waals surface area contributed by atoms with Crippen molar-refractivity contribution in [3.8, 4) is 0 Å². The lowest BCUT2D eigenvalue weighted by molar-refractivity contribution is -0.0641. The van der Waals surface area contributed by atoms with Crippen molar-refractivity contribution < 1.29 is 22.4 Å². The lowest BCUT2D eigenvalue weighted by atomic mass is 9.91. The molecule has 1 amide bonds. The Morgan fingerprint density at radius 1 is 1.28 bits per heavy atom. The van der Waals surface area contributed by atoms with Crippen molar-refractivity contribution >= 4 is 27.6 Å². The van der Waals surface area contributed by atoms with Gasteiger partial charge in [0.05, 0.1) is 16.7 Å². The van der Waals surface area contributed by atoms with Crippen LogP contribution in [-0.4, -0.2) is 49.4 Å². The first-order chi connectivity index (χ1) is 13.6. The molecular formula is C18H14BrF4N5O. The number of rotatable bonds is 2. The number of carbonyl (C=O) groups is 1. The molecule has 1 aliphatic rings. The number of alkyl halides is 2. The number of carbonyl (C=O) groups excluding carboxylic acids is 1. The van der Waals surface area contributed by atoms with E-state index in [1.807, 2.05) is 0 Å². The van der Waals surface area contributed by atoms with E-state index in [0.29, 0.717) is 17.5 Å². The zero-order chi connectivity index (χ0) is 20.9. The highest BCUT2D eigenvalue weighted by atomic mass is 79.9. The molecule has 11 heteroatoms. The number of benzene rings is 1. The van der Waals surface area contributed by atoms with Gasteiger partial charge in [0, 0.05) is 30.1 Å². The Labute approximate surface area is 170 Å². The van der Waals surface area contributed by atoms with Crippen LogP contribution in [0.3, 0.4) is 0 Å². The van der Waals surface area contributed by atoms with Gasteiger partial charge in [-0.2, -0.15) is 10.1 Å². The van der Waals surface area contributed by atoms with Gasteiger partial charge in [0.25, 0.3) is 17.6 Å². The molecular weight excluding hydrogens is 458 g/mol. The zero-order valence-electron chi connectivity index (χ0n) is 15.0. The second kappa shape index (κ2) is 7.05. The van der Waals surface area contributed by atoms with Crippen LogP contribution in [-0.2, 0) is 0 Å². The monoisotopic (exact) mass is 471 g/mol. The SMILES string of the molecule is Cc1cc(C2CN(C(=O)c3cc(F)c(F)c(Br)c3)CC(F)(F)C2)n2ncnc2n1. The number of aryl methyl sites for hydroxylation is 1. The van der Waals surface area contributed by atoms with Crippen molar-refractivity contribution in [3.05, 3.63) is 57.6 Å². The van der Waals surface area contributed by atoms with E-state index in [2.05, 4.69) is 31.0 Å². The molecule has 1 aliphatic heterocycles. The van der Waals surface area contributed by atoms with E-state index < -0.39 is 42.3 Å². The summed E-state index contributed by atoms with van der Waals surface area (Å²) in [4.78, 5) is 21.9. The number of nitrogens with zero attached hydrogens (tertiary/aromatic N) is 5. The summed E-state index contributed by atoms with van der Waals surface area (Å²) in [5.41, 5.74) is 0.814. The topological polar surface area (TPSA) is 63.4 Å². The molecule has 6 nitrogen and oxygen atoms in total. The first kappa shape index (κ1) is 19.7. The van der Waals surface area contributed by atoms with Gasteiger partial charge in [-0.05, 0) is 41.1 Å². The van der Waals surface area contributed by atoms with E-state index in [0.717, 1.165) is 11.0 Å². The molecule has 2 aromatic heterocycles. The number of fused-ring (bicyclic) bond motifs is 1. The van der Waals surface area contributed by atoms with Gasteiger partial charge in [0.2, 0.25) is 0 Å². The maximum Gasteiger partial charge on any atom is 0.266 e. The van der Waals surface area contributed by atoms with Crippen LogP contribution in [0, 0.1) is 18.6 Å². The molecule has 0 radical (unpaired) electrons. The highest BCUT2D eigenvalue weighted by Gasteiger charge is 2.43. The molecule has 1 fully saturated rings. The number of hydrogen-bond acceptors (Lipinski definition) is 4. The van der Waals surface area contributed by atoms with E-state index in [1.165, 1.54) is 10.8 Å². The summed E-state index contributed by atoms with van der Waals surface area (Å²) < 4.78 is 57.3. The third kappa shape index (κ3) is 3.70. The first-order valence-electron chi connectivity index (χ1n) is 8.63. The van der Waals surface area contributed by atoms with Crippen LogP contribution in [0.2, 0.25) is 0 Å². The fourth-order valence-electron chi connectivity index (χ4n) is 3.56. The molecule has 29 heavy (non-hydrogen) atoms. The van der Waals surface area contributed by atoms with Crippen LogP contribution in [0.1, 0.15) is 34.1 Å². The molecule has 0 bridgehead atoms. The maximum absolute atomic E-state index is 14.5. The van der Waals surface area contributed by atoms with E-state index >= 15 is 0 Å². The number of amides is 1. The van der Waals surface area contributed by atoms with Crippen LogP contribution in [0.4, 0.5) is 17.6 Å². The van der Waals surface area contributed by atoms with E-state index in [4.69, 9.17) is 0 Å². The van der Waals surface area contributed by atoms with Crippen LogP contribution in [0.25, 0.3) is 5.78 Å². The Morgan fingerprint density at radius 3 is 2.76 bits per heavy atom. The van der Waals surface area contributed by atoms with Crippen molar-refractivity contribution in [1.82, 2.24) is 24.5 Å². The lowest BCUT2D eigenvalue weighted by Gasteiger charge is -2.37. The molecule has 0 N–H and O–H groups in total. The molecule has 4 rings (SSSR count). The normalized spacial score (nSPS) is 19.0. The van der Waals surface area contributed by atoms with E-state index in [1.54, 1.807) is 13.0 Å². The summed E-state index contributed by atoms with van der Waals surface area (Å²) in [6, 6.07) is 3.41. The van der Waals surface area contributed by atoms with Crippen molar-refractivity contribution in [2.75, 3.05) is 13.1 Å². The Bertz CT molecular complexity index is 1100. The minimum absolute atomic E-state index is 0.0382. The second-order valence-electron chi connectivity index (χ2n) is 6.99. The van der Waals surface area contributed by atoms with Gasteiger partial charge in [-0.15, -0.1) is 0 Å². The molecule has 3 aromatic rings. The Balaban J connectivity index is 1.71. The Kier molecular flexibility index (Phi) is 4.80. The number of piperidine rings is 1. The Morgan fingerprint density at radius 2 is 2.03 bits per heavy atom. The maximum atomic E-state index is 14.5. The molecule has 1 aromatic carbocycles. The van der Waals surface area contributed by atoms with Crippen molar-refractivity contribution in [2.24, 2.45) is 0 Å². The summed E-state index contributed by atoms with van der Waals surface area (Å²) in [6.07, 6.45) is 0.782. The largest absolute Gasteiger partial charge is 0.332 e. The van der Waals surface area contributed by atoms with Gasteiger partial charge in [-0.3, -0.25) is 4.79 Å². The molecule has 0 saturated carbocycles. The summed E-state index contributed by atoms with van der Waals surface area (Å²) in [5.74, 6) is -6.84. The molecule has 3 heterocycles. The molecule has 1 atom stereocenters. The summed E-state index contributed by atoms with van der Waals surface area (Å²) >= 11 is 2.83. The van der Waals surface area contributed by atoms with Crippen molar-refractivity contribution in [3.63, 3.8) is 0 Å². The third-order valence-electron chi connectivity index (χ3n) is 4.75. The molecule has 0 aliphatic carbocycles. The van der Waals surface area contributed by atoms with E-state index in [9.17, 15) is 22.4 Å². The smallest absolute Gasteiger partial charge is 0.266 e. The first-order valence-corrected chi connectivity index (χ1v) is 9.43. The summed E-state index contributed by atoms with van der Waals surface area (Å²) in [5, 5.41) is 4.04. The van der Waals surface area contributed by atoms with Crippen LogP contribution in [0.15, 0.2) is 29.0 Å². The van der Waals surface area contributed by atoms with Gasteiger partial charge in [-0.1, -0.05) is 0 Å². The van der Waals surface area contributed by atoms with Gasteiger partial charge in [0.1, 0.15) is 6.33 Å². The summed E-state index contributed by atoms with van der Waals surface area (Å²) in [6.45, 7) is 0.855. The number of aromatic nitrogens is 4. The van der Waals surface area contributed by atoms with Gasteiger partial charge in [-0.25, -0.2) is 27.1 Å². The highest BCUT2D eigenvalue weighted by Crippen LogP contribution is 2.37. The third-order valence-corrected chi connectivity index (χ3v) is 5.33. The molecule has 0 spiro atoms. The Hall–Kier alpha value is -2.56. The van der Waals surface area contributed by atoms with Crippen LogP contribution >= 0.6 is 15.9 Å². The highest BCUT2D eigenvalue weighted by molar-refractivity contribution is 9.10. The van der Waals surface area contributed by atoms with Gasteiger partial charge in [0.15, 0.2) is 11.6 Å². The fraction of sp³-hybridized carbons (Fsp3) is 0.333. The second-order valence-corrected chi connectivity index (χ2v) is 7.85. The summed E-state index contributed by atoms with van der Waals surface area (Å²) in [7, 11) is 0. The average molecular weight is 472 g/mol. The quantitative estimate of drug-likeness (QED) is 0.421. The van der Waals surface area contributed by atoms with Crippen molar-refractivity contribution in [2.45, 2.75) is 25.2 Å². The van der Waals surface area contributed by atoms with Crippen LogP contribution in [0.5, 0.6) is 0 Å². The van der Waals surface area contributed by atoms with Crippen LogP contribution < -0.4 is 0 Å². The standard InChI is InChI=1S/C18H14BrF4N5O/c1-9-2-14(28-17(26-9)24-8-25-28)11-5-18(22,23)7-27(6-11)16(29)10-3-12(19)15(21)13(20)4-10/h2-4,8,11H,5-7H2,1H3. The van der Waals surface area contributed by atoms with Gasteiger partial charge >= 0.3 is 0 Å². The zero-order valence-corrected chi connectivity index (χ0v) is 16.6. The predicted molar refractivity (Wildman–Crippen MR) is 97.8 cm³/mol. The minimum Gasteiger partial charge on any atom is -0.332 e. The number of hydrogen-bond donors (Lipinski definition) is 0. The molecule has 1 saturated heterocycles. The molecule has 152 valence electrons. The molecule has 1 unspecified atom stereocenters. The number of halogens is 5. The van der Waals surface area contributed by atoms with Crippen molar-refractivity contribution in [1.29, 1.82) is 0 Å². The predicted octanol–water partition coefficient (Wildman–Crippen LogP) is 3.74. The fourth-order valence-corrected chi connectivity index (χ4v) is 4.00.